The Kier molecular flexibility index (Phi) is 6.72. The highest BCUT2D eigenvalue weighted by molar-refractivity contribution is 9.10. The van der Waals surface area contributed by atoms with Crippen LogP contribution in [0.3, 0.4) is 0 Å². The maximum atomic E-state index is 13.5. The van der Waals surface area contributed by atoms with Gasteiger partial charge in [-0.1, -0.05) is 15.9 Å². The quantitative estimate of drug-likeness (QED) is 0.432. The van der Waals surface area contributed by atoms with Gasteiger partial charge < -0.3 is 19.4 Å². The number of nitrogens with zero attached hydrogens (tertiary/aromatic N) is 4. The summed E-state index contributed by atoms with van der Waals surface area (Å²) in [5, 5.41) is 10.9. The lowest BCUT2D eigenvalue weighted by atomic mass is 9.72. The van der Waals surface area contributed by atoms with Gasteiger partial charge in [0.05, 0.1) is 18.0 Å². The van der Waals surface area contributed by atoms with E-state index in [-0.39, 0.29) is 22.4 Å². The third kappa shape index (κ3) is 4.63. The predicted octanol–water partition coefficient (Wildman–Crippen LogP) is 3.75. The first-order valence-corrected chi connectivity index (χ1v) is 13.0. The molecular weight excluding hydrogens is 512 g/mol. The van der Waals surface area contributed by atoms with E-state index in [2.05, 4.69) is 38.8 Å². The van der Waals surface area contributed by atoms with Crippen molar-refractivity contribution < 1.29 is 14.5 Å². The first-order valence-electron chi connectivity index (χ1n) is 12.2. The Hall–Kier alpha value is -2.65. The fourth-order valence-electron chi connectivity index (χ4n) is 6.14. The number of carbonyl (C=O) groups excluding carboxylic acids is 1. The first-order chi connectivity index (χ1) is 16.9. The van der Waals surface area contributed by atoms with Crippen LogP contribution in [0, 0.1) is 22.0 Å². The topological polar surface area (TPSA) is 79.2 Å². The summed E-state index contributed by atoms with van der Waals surface area (Å²) in [6.45, 7) is 3.61. The summed E-state index contributed by atoms with van der Waals surface area (Å²) in [4.78, 5) is 30.7. The number of nitro groups is 1. The molecule has 2 aliphatic heterocycles. The Morgan fingerprint density at radius 3 is 2.43 bits per heavy atom. The van der Waals surface area contributed by atoms with E-state index in [0.29, 0.717) is 25.0 Å². The number of amides is 1. The number of rotatable bonds is 4. The van der Waals surface area contributed by atoms with Crippen molar-refractivity contribution in [2.45, 2.75) is 25.3 Å². The zero-order valence-corrected chi connectivity index (χ0v) is 21.7. The largest absolute Gasteiger partial charge is 0.496 e. The van der Waals surface area contributed by atoms with E-state index in [9.17, 15) is 14.9 Å². The van der Waals surface area contributed by atoms with E-state index >= 15 is 0 Å². The van der Waals surface area contributed by atoms with Crippen LogP contribution in [0.4, 0.5) is 11.4 Å². The molecule has 3 atom stereocenters. The standard InChI is InChI=1S/C26H31BrN4O4/c1-28-16-18(13-17-14-22-21(15-24(17)28)23(27)7-8-25(22)35-2)26(32)30-11-9-29(10-12-30)19-3-5-20(6-4-19)31(33)34/h3-8,17-18,24H,9-16H2,1-2H3/t17-,18-,24-/m1/s1. The number of fused-ring (bicyclic) bond motifs is 2. The van der Waals surface area contributed by atoms with E-state index in [1.54, 1.807) is 19.2 Å². The van der Waals surface area contributed by atoms with Gasteiger partial charge in [-0.15, -0.1) is 0 Å². The van der Waals surface area contributed by atoms with Crippen molar-refractivity contribution in [1.29, 1.82) is 0 Å². The molecule has 186 valence electrons. The molecular formula is C26H31BrN4O4. The number of anilines is 1. The summed E-state index contributed by atoms with van der Waals surface area (Å²) in [6.07, 6.45) is 2.82. The minimum Gasteiger partial charge on any atom is -0.496 e. The van der Waals surface area contributed by atoms with Crippen LogP contribution in [0.25, 0.3) is 0 Å². The molecule has 0 unspecified atom stereocenters. The van der Waals surface area contributed by atoms with Gasteiger partial charge in [0.15, 0.2) is 0 Å². The van der Waals surface area contributed by atoms with Crippen LogP contribution in [0.1, 0.15) is 17.5 Å². The average molecular weight is 543 g/mol. The molecule has 2 fully saturated rings. The SMILES string of the molecule is COc1ccc(Br)c2c1C[C@H]1C[C@@H](C(=O)N3CCN(c4ccc([N+](=O)[O-])cc4)CC3)CN(C)[C@@H]1C2. The minimum absolute atomic E-state index is 0.00636. The molecule has 9 heteroatoms. The van der Waals surface area contributed by atoms with E-state index in [1.807, 2.05) is 11.0 Å². The molecule has 2 saturated heterocycles. The number of hydrogen-bond donors (Lipinski definition) is 0. The van der Waals surface area contributed by atoms with Crippen molar-refractivity contribution in [2.24, 2.45) is 11.8 Å². The van der Waals surface area contributed by atoms with Crippen molar-refractivity contribution in [3.05, 3.63) is 62.1 Å². The van der Waals surface area contributed by atoms with Crippen LogP contribution < -0.4 is 9.64 Å². The number of ether oxygens (including phenoxy) is 1. The number of piperazine rings is 1. The summed E-state index contributed by atoms with van der Waals surface area (Å²) in [6, 6.07) is 11.2. The van der Waals surface area contributed by atoms with E-state index in [4.69, 9.17) is 4.74 Å². The molecule has 1 amide bonds. The number of likely N-dealkylation sites (tertiary alicyclic amines) is 1. The third-order valence-electron chi connectivity index (χ3n) is 8.00. The van der Waals surface area contributed by atoms with Crippen LogP contribution in [0.2, 0.25) is 0 Å². The van der Waals surface area contributed by atoms with Crippen molar-refractivity contribution in [3.63, 3.8) is 0 Å². The summed E-state index contributed by atoms with van der Waals surface area (Å²) in [5.74, 6) is 1.64. The van der Waals surface area contributed by atoms with Crippen LogP contribution >= 0.6 is 15.9 Å². The second-order valence-corrected chi connectivity index (χ2v) is 10.8. The van der Waals surface area contributed by atoms with Crippen LogP contribution in [0.5, 0.6) is 5.75 Å². The van der Waals surface area contributed by atoms with Gasteiger partial charge in [-0.25, -0.2) is 0 Å². The number of non-ortho nitro benzene ring substituents is 1. The van der Waals surface area contributed by atoms with Crippen LogP contribution in [0.15, 0.2) is 40.9 Å². The molecule has 0 N–H and O–H groups in total. The maximum absolute atomic E-state index is 13.5. The van der Waals surface area contributed by atoms with Gasteiger partial charge in [0.25, 0.3) is 5.69 Å². The molecule has 0 saturated carbocycles. The minimum atomic E-state index is -0.383. The summed E-state index contributed by atoms with van der Waals surface area (Å²) >= 11 is 3.73. The highest BCUT2D eigenvalue weighted by atomic mass is 79.9. The van der Waals surface area contributed by atoms with E-state index in [0.717, 1.165) is 54.8 Å². The molecule has 8 nitrogen and oxygen atoms in total. The monoisotopic (exact) mass is 542 g/mol. The van der Waals surface area contributed by atoms with Gasteiger partial charge >= 0.3 is 0 Å². The van der Waals surface area contributed by atoms with Crippen LogP contribution in [-0.4, -0.2) is 73.6 Å². The Bertz CT molecular complexity index is 1120. The first kappa shape index (κ1) is 24.1. The van der Waals surface area contributed by atoms with Crippen molar-refractivity contribution in [3.8, 4) is 5.75 Å². The molecule has 2 aromatic carbocycles. The van der Waals surface area contributed by atoms with Gasteiger partial charge in [-0.05, 0) is 67.6 Å². The summed E-state index contributed by atoms with van der Waals surface area (Å²) in [5.41, 5.74) is 3.67. The lowest BCUT2D eigenvalue weighted by molar-refractivity contribution is -0.384. The number of methoxy groups -OCH3 is 1. The smallest absolute Gasteiger partial charge is 0.269 e. The Morgan fingerprint density at radius 2 is 1.77 bits per heavy atom. The fourth-order valence-corrected chi connectivity index (χ4v) is 6.67. The van der Waals surface area contributed by atoms with Gasteiger partial charge in [0.2, 0.25) is 5.91 Å². The van der Waals surface area contributed by atoms with Crippen molar-refractivity contribution in [2.75, 3.05) is 51.8 Å². The zero-order valence-electron chi connectivity index (χ0n) is 20.2. The van der Waals surface area contributed by atoms with E-state index in [1.165, 1.54) is 23.3 Å². The predicted molar refractivity (Wildman–Crippen MR) is 138 cm³/mol. The lowest BCUT2D eigenvalue weighted by Crippen LogP contribution is -2.56. The number of halogens is 1. The highest BCUT2D eigenvalue weighted by Crippen LogP contribution is 2.42. The number of piperidine rings is 1. The number of carbonyl (C=O) groups is 1. The summed E-state index contributed by atoms with van der Waals surface area (Å²) in [7, 11) is 3.88. The number of hydrogen-bond acceptors (Lipinski definition) is 6. The molecule has 0 bridgehead atoms. The Balaban J connectivity index is 1.23. The fraction of sp³-hybridized carbons (Fsp3) is 0.500. The molecule has 2 heterocycles. The Morgan fingerprint density at radius 1 is 1.06 bits per heavy atom. The number of likely N-dealkylation sites (N-methyl/N-ethyl adjacent to an activating group) is 1. The van der Waals surface area contributed by atoms with Gasteiger partial charge in [0.1, 0.15) is 5.75 Å². The number of nitro benzene ring substituents is 1. The average Bonchev–Trinajstić information content (AvgIpc) is 2.88. The molecule has 0 spiro atoms. The normalized spacial score (nSPS) is 24.5. The van der Waals surface area contributed by atoms with Crippen LogP contribution in [-0.2, 0) is 17.6 Å². The number of benzene rings is 2. The molecule has 3 aliphatic rings. The maximum Gasteiger partial charge on any atom is 0.269 e. The van der Waals surface area contributed by atoms with Gasteiger partial charge in [-0.2, -0.15) is 0 Å². The zero-order chi connectivity index (χ0) is 24.7. The Labute approximate surface area is 214 Å². The molecule has 5 rings (SSSR count). The van der Waals surface area contributed by atoms with Gasteiger partial charge in [0, 0.05) is 61.1 Å². The molecule has 1 aliphatic carbocycles. The molecule has 0 radical (unpaired) electrons. The lowest BCUT2D eigenvalue weighted by Gasteiger charge is -2.47. The highest BCUT2D eigenvalue weighted by Gasteiger charge is 2.42. The molecule has 0 aromatic heterocycles. The summed E-state index contributed by atoms with van der Waals surface area (Å²) < 4.78 is 6.80. The molecule has 2 aromatic rings. The van der Waals surface area contributed by atoms with E-state index < -0.39 is 0 Å². The second kappa shape index (κ2) is 9.78. The third-order valence-corrected chi connectivity index (χ3v) is 8.75. The molecule has 35 heavy (non-hydrogen) atoms. The van der Waals surface area contributed by atoms with Gasteiger partial charge in [-0.3, -0.25) is 14.9 Å². The van der Waals surface area contributed by atoms with Crippen molar-refractivity contribution >= 4 is 33.2 Å². The van der Waals surface area contributed by atoms with Crippen molar-refractivity contribution in [1.82, 2.24) is 9.80 Å². The second-order valence-electron chi connectivity index (χ2n) is 9.90.